The third-order valence-corrected chi connectivity index (χ3v) is 5.51. The van der Waals surface area contributed by atoms with Crippen LogP contribution in [-0.4, -0.2) is 52.6 Å². The van der Waals surface area contributed by atoms with Gasteiger partial charge in [0.05, 0.1) is 12.5 Å². The van der Waals surface area contributed by atoms with E-state index in [1.165, 1.54) is 25.1 Å². The van der Waals surface area contributed by atoms with E-state index in [9.17, 15) is 29.1 Å². The van der Waals surface area contributed by atoms with Gasteiger partial charge in [-0.05, 0) is 36.6 Å². The molecule has 2 atom stereocenters. The number of likely N-dealkylation sites (N-methyl/N-ethyl adjacent to an activating group) is 1. The van der Waals surface area contributed by atoms with E-state index in [-0.39, 0.29) is 5.78 Å². The van der Waals surface area contributed by atoms with Crippen molar-refractivity contribution in [3.05, 3.63) is 71.4 Å². The molecule has 2 aromatic carbocycles. The Morgan fingerprint density at radius 2 is 1.74 bits per heavy atom. The van der Waals surface area contributed by atoms with Crippen LogP contribution in [0.5, 0.6) is 0 Å². The number of carboxylic acids is 1. The Morgan fingerprint density at radius 1 is 1.06 bits per heavy atom. The number of Topliss-reactive ketones (excluding diaryl/α,β-unsaturated/α-hetero) is 2. The Labute approximate surface area is 196 Å². The standard InChI is InChI=1S/C25H25N3O6/c1-14-13-28(3)24(33)22(23(14)32)27-25(34)26-20(12-21(30)31)19-6-4-5-18(11-19)17-9-7-16(8-10-17)15(2)29/h4-11,13,20,22H,12H2,1-3H3,(H,30,31)(H2,26,27,34). The van der Waals surface area contributed by atoms with Crippen molar-refractivity contribution in [1.29, 1.82) is 0 Å². The number of rotatable bonds is 7. The molecule has 9 nitrogen and oxygen atoms in total. The van der Waals surface area contributed by atoms with Gasteiger partial charge in [0.1, 0.15) is 0 Å². The molecule has 2 unspecified atom stereocenters. The van der Waals surface area contributed by atoms with Crippen molar-refractivity contribution in [2.24, 2.45) is 0 Å². The second-order valence-electron chi connectivity index (χ2n) is 8.09. The molecule has 176 valence electrons. The van der Waals surface area contributed by atoms with Gasteiger partial charge >= 0.3 is 12.0 Å². The lowest BCUT2D eigenvalue weighted by molar-refractivity contribution is -0.138. The molecule has 3 amide bonds. The first-order valence-corrected chi connectivity index (χ1v) is 10.6. The van der Waals surface area contributed by atoms with Crippen LogP contribution < -0.4 is 10.6 Å². The van der Waals surface area contributed by atoms with Crippen LogP contribution >= 0.6 is 0 Å². The van der Waals surface area contributed by atoms with Crippen LogP contribution in [0.2, 0.25) is 0 Å². The maximum absolute atomic E-state index is 12.6. The molecule has 1 heterocycles. The number of carbonyl (C=O) groups excluding carboxylic acids is 4. The van der Waals surface area contributed by atoms with Crippen LogP contribution in [-0.2, 0) is 14.4 Å². The smallest absolute Gasteiger partial charge is 0.316 e. The summed E-state index contributed by atoms with van der Waals surface area (Å²) in [6.07, 6.45) is 0.980. The number of nitrogens with zero attached hydrogens (tertiary/aromatic N) is 1. The Morgan fingerprint density at radius 3 is 2.35 bits per heavy atom. The lowest BCUT2D eigenvalue weighted by Gasteiger charge is -2.27. The van der Waals surface area contributed by atoms with Gasteiger partial charge in [-0.15, -0.1) is 0 Å². The lowest BCUT2D eigenvalue weighted by atomic mass is 9.97. The summed E-state index contributed by atoms with van der Waals surface area (Å²) in [5.74, 6) is -2.30. The molecule has 0 saturated carbocycles. The number of hydrogen-bond donors (Lipinski definition) is 3. The molecule has 0 saturated heterocycles. The number of benzene rings is 2. The van der Waals surface area contributed by atoms with Gasteiger partial charge in [0.2, 0.25) is 0 Å². The van der Waals surface area contributed by atoms with Crippen LogP contribution in [0.25, 0.3) is 11.1 Å². The predicted octanol–water partition coefficient (Wildman–Crippen LogP) is 2.68. The highest BCUT2D eigenvalue weighted by Gasteiger charge is 2.35. The Kier molecular flexibility index (Phi) is 7.25. The van der Waals surface area contributed by atoms with Crippen LogP contribution in [0.4, 0.5) is 4.79 Å². The number of carbonyl (C=O) groups is 5. The zero-order valence-corrected chi connectivity index (χ0v) is 19.0. The van der Waals surface area contributed by atoms with Crippen LogP contribution in [0, 0.1) is 0 Å². The molecule has 9 heteroatoms. The monoisotopic (exact) mass is 463 g/mol. The molecule has 3 N–H and O–H groups in total. The van der Waals surface area contributed by atoms with E-state index in [1.807, 2.05) is 6.07 Å². The Hall–Kier alpha value is -4.27. The molecule has 3 rings (SSSR count). The van der Waals surface area contributed by atoms with Gasteiger partial charge in [-0.1, -0.05) is 42.5 Å². The van der Waals surface area contributed by atoms with Crippen LogP contribution in [0.3, 0.4) is 0 Å². The molecular weight excluding hydrogens is 438 g/mol. The van der Waals surface area contributed by atoms with Crippen molar-refractivity contribution in [3.63, 3.8) is 0 Å². The first-order chi connectivity index (χ1) is 16.1. The minimum absolute atomic E-state index is 0.0520. The maximum atomic E-state index is 12.6. The molecular formula is C25H25N3O6. The van der Waals surface area contributed by atoms with E-state index < -0.39 is 42.2 Å². The largest absolute Gasteiger partial charge is 0.481 e. The quantitative estimate of drug-likeness (QED) is 0.427. The van der Waals surface area contributed by atoms with Crippen LogP contribution in [0.1, 0.15) is 42.2 Å². The summed E-state index contributed by atoms with van der Waals surface area (Å²) in [6, 6.07) is 10.8. The van der Waals surface area contributed by atoms with E-state index in [4.69, 9.17) is 0 Å². The molecule has 0 radical (unpaired) electrons. The number of urea groups is 1. The zero-order chi connectivity index (χ0) is 25.0. The molecule has 0 bridgehead atoms. The van der Waals surface area contributed by atoms with Crippen molar-refractivity contribution < 1.29 is 29.1 Å². The van der Waals surface area contributed by atoms with Crippen molar-refractivity contribution in [3.8, 4) is 11.1 Å². The molecule has 1 aliphatic rings. The van der Waals surface area contributed by atoms with E-state index in [0.717, 1.165) is 11.1 Å². The summed E-state index contributed by atoms with van der Waals surface area (Å²) in [5, 5.41) is 14.3. The molecule has 0 spiro atoms. The molecule has 2 aromatic rings. The zero-order valence-electron chi connectivity index (χ0n) is 19.0. The van der Waals surface area contributed by atoms with Crippen molar-refractivity contribution in [1.82, 2.24) is 15.5 Å². The van der Waals surface area contributed by atoms with Gasteiger partial charge in [-0.2, -0.15) is 0 Å². The SMILES string of the molecule is CC(=O)c1ccc(-c2cccc(C(CC(=O)O)NC(=O)NC3C(=O)C(C)=CN(C)C3=O)c2)cc1. The van der Waals surface area contributed by atoms with Gasteiger partial charge in [0.25, 0.3) is 5.91 Å². The van der Waals surface area contributed by atoms with E-state index >= 15 is 0 Å². The number of aliphatic carboxylic acids is 1. The minimum Gasteiger partial charge on any atom is -0.481 e. The first kappa shape index (κ1) is 24.4. The van der Waals surface area contributed by atoms with E-state index in [1.54, 1.807) is 49.4 Å². The highest BCUT2D eigenvalue weighted by molar-refractivity contribution is 6.16. The average Bonchev–Trinajstić information content (AvgIpc) is 2.80. The number of nitrogens with one attached hydrogen (secondary N) is 2. The number of hydrogen-bond acceptors (Lipinski definition) is 5. The van der Waals surface area contributed by atoms with Crippen LogP contribution in [0.15, 0.2) is 60.3 Å². The van der Waals surface area contributed by atoms with Crippen molar-refractivity contribution in [2.75, 3.05) is 7.05 Å². The lowest BCUT2D eigenvalue weighted by Crippen LogP contribution is -2.56. The maximum Gasteiger partial charge on any atom is 0.316 e. The fourth-order valence-electron chi connectivity index (χ4n) is 3.68. The van der Waals surface area contributed by atoms with Gasteiger partial charge < -0.3 is 20.6 Å². The van der Waals surface area contributed by atoms with E-state index in [2.05, 4.69) is 10.6 Å². The van der Waals surface area contributed by atoms with E-state index in [0.29, 0.717) is 16.7 Å². The van der Waals surface area contributed by atoms with Gasteiger partial charge in [0.15, 0.2) is 17.6 Å². The fraction of sp³-hybridized carbons (Fsp3) is 0.240. The molecule has 0 fully saturated rings. The van der Waals surface area contributed by atoms with Gasteiger partial charge in [-0.3, -0.25) is 19.2 Å². The molecule has 0 aromatic heterocycles. The molecule has 34 heavy (non-hydrogen) atoms. The fourth-order valence-corrected chi connectivity index (χ4v) is 3.68. The first-order valence-electron chi connectivity index (χ1n) is 10.6. The number of carboxylic acid groups (broad SMARTS) is 1. The highest BCUT2D eigenvalue weighted by atomic mass is 16.4. The predicted molar refractivity (Wildman–Crippen MR) is 124 cm³/mol. The summed E-state index contributed by atoms with van der Waals surface area (Å²) in [6.45, 7) is 3.02. The van der Waals surface area contributed by atoms with Crippen molar-refractivity contribution >= 4 is 29.5 Å². The minimum atomic E-state index is -1.38. The Bertz CT molecular complexity index is 1190. The average molecular weight is 463 g/mol. The third-order valence-electron chi connectivity index (χ3n) is 5.51. The number of ketones is 2. The summed E-state index contributed by atoms with van der Waals surface area (Å²) in [4.78, 5) is 61.5. The van der Waals surface area contributed by atoms with Gasteiger partial charge in [0, 0.05) is 24.4 Å². The van der Waals surface area contributed by atoms with Crippen molar-refractivity contribution in [2.45, 2.75) is 32.4 Å². The third kappa shape index (κ3) is 5.55. The summed E-state index contributed by atoms with van der Waals surface area (Å²) >= 11 is 0. The summed E-state index contributed by atoms with van der Waals surface area (Å²) in [7, 11) is 1.48. The second kappa shape index (κ2) is 10.1. The van der Waals surface area contributed by atoms with Gasteiger partial charge in [-0.25, -0.2) is 4.79 Å². The molecule has 1 aliphatic heterocycles. The highest BCUT2D eigenvalue weighted by Crippen LogP contribution is 2.25. The summed E-state index contributed by atoms with van der Waals surface area (Å²) < 4.78 is 0. The topological polar surface area (TPSA) is 133 Å². The normalized spacial score (nSPS) is 16.5. The second-order valence-corrected chi connectivity index (χ2v) is 8.09. The molecule has 0 aliphatic carbocycles. The summed E-state index contributed by atoms with van der Waals surface area (Å²) in [5.41, 5.74) is 3.00. The Balaban J connectivity index is 1.81. The number of amides is 3.